The summed E-state index contributed by atoms with van der Waals surface area (Å²) in [5.74, 6) is -2.43. The number of aromatic nitrogens is 4. The Balaban J connectivity index is 0.893. The lowest BCUT2D eigenvalue weighted by atomic mass is 9.81. The molecule has 0 bridgehead atoms. The number of piperidine rings is 2. The molecule has 2 amide bonds. The number of carbonyl (C=O) groups is 2. The molecule has 3 saturated heterocycles. The lowest BCUT2D eigenvalue weighted by Gasteiger charge is -2.39. The molecule has 4 aromatic rings. The molecule has 302 valence electrons. The zero-order valence-corrected chi connectivity index (χ0v) is 33.5. The number of nitrogens with one attached hydrogen (secondary N) is 1. The van der Waals surface area contributed by atoms with Crippen LogP contribution < -0.4 is 20.7 Å². The van der Waals surface area contributed by atoms with Gasteiger partial charge in [0.15, 0.2) is 0 Å². The number of amides is 2. The van der Waals surface area contributed by atoms with E-state index in [9.17, 15) is 19.5 Å². The Morgan fingerprint density at radius 1 is 1.00 bits per heavy atom. The first kappa shape index (κ1) is 39.5. The van der Waals surface area contributed by atoms with Crippen LogP contribution in [-0.4, -0.2) is 80.6 Å². The molecule has 0 aliphatic carbocycles. The number of carbonyl (C=O) groups excluding carboxylic acids is 2. The smallest absolute Gasteiger partial charge is 0.282 e. The summed E-state index contributed by atoms with van der Waals surface area (Å²) in [4.78, 5) is 57.0. The van der Waals surface area contributed by atoms with Gasteiger partial charge in [-0.2, -0.15) is 4.98 Å². The highest BCUT2D eigenvalue weighted by Gasteiger charge is 2.42. The van der Waals surface area contributed by atoms with Crippen molar-refractivity contribution in [1.29, 1.82) is 0 Å². The minimum absolute atomic E-state index is 0.0373. The number of nitrogens with zero attached hydrogens (tertiary/aromatic N) is 7. The second-order valence-corrected chi connectivity index (χ2v) is 16.5. The van der Waals surface area contributed by atoms with Gasteiger partial charge in [0.2, 0.25) is 11.8 Å². The van der Waals surface area contributed by atoms with Crippen LogP contribution in [0.2, 0.25) is 0 Å². The van der Waals surface area contributed by atoms with Crippen molar-refractivity contribution in [3.8, 4) is 5.69 Å². The van der Waals surface area contributed by atoms with E-state index in [4.69, 9.17) is 21.6 Å². The minimum Gasteiger partial charge on any atom is -0.385 e. The third-order valence-electron chi connectivity index (χ3n) is 12.1. The maximum Gasteiger partial charge on any atom is 0.282 e. The summed E-state index contributed by atoms with van der Waals surface area (Å²) in [6, 6.07) is 8.55. The molecule has 2 aromatic carbocycles. The van der Waals surface area contributed by atoms with E-state index in [2.05, 4.69) is 26.7 Å². The molecule has 58 heavy (non-hydrogen) atoms. The fraction of sp³-hybridized carbons (Fsp3) is 0.395. The van der Waals surface area contributed by atoms with Crippen molar-refractivity contribution in [2.45, 2.75) is 69.9 Å². The number of anilines is 2. The van der Waals surface area contributed by atoms with Crippen molar-refractivity contribution in [2.24, 2.45) is 0 Å². The molecule has 1 atom stereocenters. The van der Waals surface area contributed by atoms with E-state index in [1.165, 1.54) is 12.1 Å². The Labute approximate surface area is 339 Å². The average Bonchev–Trinajstić information content (AvgIpc) is 3.41. The number of allylic oxidation sites excluding steroid dienone is 1. The van der Waals surface area contributed by atoms with Gasteiger partial charge in [0.05, 0.1) is 52.0 Å². The van der Waals surface area contributed by atoms with Crippen LogP contribution in [-0.2, 0) is 27.1 Å². The average molecular weight is 811 g/mol. The lowest BCUT2D eigenvalue weighted by molar-refractivity contribution is -0.134. The van der Waals surface area contributed by atoms with Crippen LogP contribution in [0.25, 0.3) is 16.8 Å². The second-order valence-electron chi connectivity index (χ2n) is 16.1. The number of benzene rings is 2. The Morgan fingerprint density at radius 3 is 2.31 bits per heavy atom. The zero-order chi connectivity index (χ0) is 41.1. The number of rotatable bonds is 8. The van der Waals surface area contributed by atoms with Crippen molar-refractivity contribution in [3.63, 3.8) is 0 Å². The number of fused-ring (bicyclic) bond motifs is 3. The second kappa shape index (κ2) is 15.1. The summed E-state index contributed by atoms with van der Waals surface area (Å²) in [7, 11) is 0. The van der Waals surface area contributed by atoms with E-state index in [1.54, 1.807) is 12.4 Å². The highest BCUT2D eigenvalue weighted by molar-refractivity contribution is 6.48. The maximum absolute atomic E-state index is 15.2. The first-order valence-corrected chi connectivity index (χ1v) is 19.9. The Kier molecular flexibility index (Phi) is 10.3. The van der Waals surface area contributed by atoms with E-state index in [0.717, 1.165) is 22.5 Å². The van der Waals surface area contributed by atoms with Crippen LogP contribution in [0.15, 0.2) is 60.2 Å². The van der Waals surface area contributed by atoms with Crippen LogP contribution in [0, 0.1) is 11.6 Å². The van der Waals surface area contributed by atoms with Gasteiger partial charge in [-0.15, -0.1) is 0 Å². The molecule has 3 fully saturated rings. The molecule has 0 radical (unpaired) electrons. The summed E-state index contributed by atoms with van der Waals surface area (Å²) in [6.45, 7) is 13.8. The Morgan fingerprint density at radius 2 is 1.69 bits per heavy atom. The first-order valence-electron chi connectivity index (χ1n) is 19.6. The first-order chi connectivity index (χ1) is 27.7. The molecule has 2 N–H and O–H groups in total. The molecular weight excluding hydrogens is 766 g/mol. The predicted octanol–water partition coefficient (Wildman–Crippen LogP) is 5.51. The molecular formula is C43H45ClF2N8O4. The number of hydrogen-bond donors (Lipinski definition) is 2. The largest absolute Gasteiger partial charge is 0.385 e. The fourth-order valence-electron chi connectivity index (χ4n) is 8.87. The van der Waals surface area contributed by atoms with Crippen molar-refractivity contribution < 1.29 is 23.5 Å². The van der Waals surface area contributed by atoms with Crippen LogP contribution in [0.5, 0.6) is 0 Å². The summed E-state index contributed by atoms with van der Waals surface area (Å²) >= 11 is 6.33. The zero-order valence-electron chi connectivity index (χ0n) is 32.7. The third-order valence-corrected chi connectivity index (χ3v) is 12.3. The fourth-order valence-corrected chi connectivity index (χ4v) is 9.04. The number of hydrogen-bond acceptors (Lipinski definition) is 10. The summed E-state index contributed by atoms with van der Waals surface area (Å²) in [6.07, 6.45) is 8.35. The van der Waals surface area contributed by atoms with Crippen LogP contribution in [0.3, 0.4) is 0 Å². The highest BCUT2D eigenvalue weighted by atomic mass is 35.5. The lowest BCUT2D eigenvalue weighted by Crippen LogP contribution is -2.47. The third kappa shape index (κ3) is 7.00. The number of piperazine rings is 1. The van der Waals surface area contributed by atoms with Crippen molar-refractivity contribution in [3.05, 3.63) is 117 Å². The van der Waals surface area contributed by atoms with Gasteiger partial charge in [-0.25, -0.2) is 13.8 Å². The van der Waals surface area contributed by atoms with Gasteiger partial charge in [-0.3, -0.25) is 34.2 Å². The molecule has 8 rings (SSSR count). The molecule has 4 aliphatic rings. The van der Waals surface area contributed by atoms with E-state index in [-0.39, 0.29) is 29.0 Å². The SMILES string of the molecule is C=C(Cl)c1c(/C=C\C)n2c(nc1=O)C(C)(C)c1ccc(C3(O)CCN(Cc4cnc(N5CCN(c6cc(F)c(C7CCC(=O)NC7=O)c(F)c6)CC5)cn4)CC3)cc1-2. The molecule has 4 aliphatic heterocycles. The van der Waals surface area contributed by atoms with Gasteiger partial charge in [-0.1, -0.05) is 36.4 Å². The van der Waals surface area contributed by atoms with E-state index in [0.29, 0.717) is 81.7 Å². The Hall–Kier alpha value is -5.31. The highest BCUT2D eigenvalue weighted by Crippen LogP contribution is 2.45. The van der Waals surface area contributed by atoms with Crippen molar-refractivity contribution in [2.75, 3.05) is 49.1 Å². The maximum atomic E-state index is 15.2. The van der Waals surface area contributed by atoms with Gasteiger partial charge in [0.25, 0.3) is 5.56 Å². The quantitative estimate of drug-likeness (QED) is 0.219. The summed E-state index contributed by atoms with van der Waals surface area (Å²) < 4.78 is 32.3. The molecule has 0 saturated carbocycles. The topological polar surface area (TPSA) is 137 Å². The molecule has 0 spiro atoms. The molecule has 12 nitrogen and oxygen atoms in total. The van der Waals surface area contributed by atoms with Crippen LogP contribution in [0.1, 0.15) is 91.8 Å². The number of halogens is 3. The number of aliphatic hydroxyl groups is 1. The predicted molar refractivity (Wildman–Crippen MR) is 218 cm³/mol. The van der Waals surface area contributed by atoms with E-state index in [1.807, 2.05) is 60.6 Å². The van der Waals surface area contributed by atoms with Crippen LogP contribution >= 0.6 is 11.6 Å². The molecule has 6 heterocycles. The van der Waals surface area contributed by atoms with Gasteiger partial charge >= 0.3 is 0 Å². The summed E-state index contributed by atoms with van der Waals surface area (Å²) in [5, 5.41) is 14.3. The standard InChI is InChI=1S/C43H45ClF2N8O4/c1-5-6-33-37(25(2)44)40(57)50-41-42(3,4)30-9-7-26(19-34(30)54(33)41)43(58)11-13-51(14-12-43)24-27-22-48-35(23-47-27)53-17-15-52(16-18-53)28-20-31(45)38(32(46)21-28)29-8-10-36(55)49-39(29)56/h5-7,9,19-23,29,58H,2,8,10-18,24H2,1,3-4H3,(H,49,55,56)/b6-5-. The number of imide groups is 1. The van der Waals surface area contributed by atoms with Gasteiger partial charge in [-0.05, 0) is 75.4 Å². The van der Waals surface area contributed by atoms with Gasteiger partial charge < -0.3 is 14.9 Å². The van der Waals surface area contributed by atoms with Crippen LogP contribution in [0.4, 0.5) is 20.3 Å². The van der Waals surface area contributed by atoms with E-state index < -0.39 is 45.9 Å². The van der Waals surface area contributed by atoms with Crippen molar-refractivity contribution in [1.82, 2.24) is 29.7 Å². The Bertz CT molecular complexity index is 2390. The van der Waals surface area contributed by atoms with Gasteiger partial charge in [0.1, 0.15) is 23.3 Å². The normalized spacial score (nSPS) is 20.3. The number of likely N-dealkylation sites (tertiary alicyclic amines) is 1. The summed E-state index contributed by atoms with van der Waals surface area (Å²) in [5.41, 5.74) is 2.39. The van der Waals surface area contributed by atoms with E-state index >= 15 is 8.78 Å². The van der Waals surface area contributed by atoms with Gasteiger partial charge in [0, 0.05) is 68.5 Å². The molecule has 2 aromatic heterocycles. The molecule has 1 unspecified atom stereocenters. The van der Waals surface area contributed by atoms with Crippen molar-refractivity contribution >= 4 is 46.0 Å². The minimum atomic E-state index is -1.06. The monoisotopic (exact) mass is 810 g/mol. The molecule has 15 heteroatoms.